The number of likely N-dealkylation sites (tertiary alicyclic amines) is 1. The molecule has 0 unspecified atom stereocenters. The third-order valence-corrected chi connectivity index (χ3v) is 4.55. The van der Waals surface area contributed by atoms with E-state index < -0.39 is 13.1 Å². The molecular weight excluding hydrogens is 257 g/mol. The van der Waals surface area contributed by atoms with E-state index in [1.54, 1.807) is 4.90 Å². The Balaban J connectivity index is 1.87. The zero-order valence-electron chi connectivity index (χ0n) is 12.3. The molecular formula is C13H26BN3O3. The number of carbonyl (C=O) groups excluding carboxylic acids is 1. The van der Waals surface area contributed by atoms with Crippen molar-refractivity contribution in [2.24, 2.45) is 0 Å². The van der Waals surface area contributed by atoms with Crippen LogP contribution < -0.4 is 10.6 Å². The summed E-state index contributed by atoms with van der Waals surface area (Å²) in [4.78, 5) is 13.9. The summed E-state index contributed by atoms with van der Waals surface area (Å²) in [6.07, 6.45) is 4.70. The number of nitrogens with zero attached hydrogens (tertiary/aromatic N) is 1. The van der Waals surface area contributed by atoms with Gasteiger partial charge in [0, 0.05) is 18.6 Å². The molecule has 0 saturated carbocycles. The lowest BCUT2D eigenvalue weighted by Gasteiger charge is -2.31. The van der Waals surface area contributed by atoms with E-state index >= 15 is 0 Å². The van der Waals surface area contributed by atoms with E-state index in [9.17, 15) is 14.8 Å². The molecule has 2 heterocycles. The number of amides is 1. The first-order valence-corrected chi connectivity index (χ1v) is 7.69. The van der Waals surface area contributed by atoms with E-state index in [0.29, 0.717) is 13.0 Å². The minimum Gasteiger partial charge on any atom is -0.426 e. The van der Waals surface area contributed by atoms with Crippen LogP contribution in [-0.2, 0) is 4.79 Å². The minimum absolute atomic E-state index is 0.0250. The number of nitrogens with one attached hydrogen (secondary N) is 2. The van der Waals surface area contributed by atoms with Crippen molar-refractivity contribution in [2.45, 2.75) is 50.5 Å². The van der Waals surface area contributed by atoms with Gasteiger partial charge in [-0.1, -0.05) is 13.3 Å². The monoisotopic (exact) mass is 283 g/mol. The number of hydrogen-bond donors (Lipinski definition) is 4. The predicted octanol–water partition coefficient (Wildman–Crippen LogP) is -0.889. The van der Waals surface area contributed by atoms with E-state index in [1.807, 2.05) is 0 Å². The van der Waals surface area contributed by atoms with Crippen LogP contribution in [0.5, 0.6) is 0 Å². The minimum atomic E-state index is -1.43. The fourth-order valence-corrected chi connectivity index (χ4v) is 3.45. The van der Waals surface area contributed by atoms with Crippen LogP contribution in [0.2, 0.25) is 0 Å². The zero-order valence-corrected chi connectivity index (χ0v) is 12.3. The number of hydrogen-bond acceptors (Lipinski definition) is 5. The third-order valence-electron chi connectivity index (χ3n) is 4.55. The van der Waals surface area contributed by atoms with Crippen LogP contribution in [0.25, 0.3) is 0 Å². The highest BCUT2D eigenvalue weighted by Gasteiger charge is 2.38. The molecule has 0 aliphatic carbocycles. The molecule has 2 saturated heterocycles. The largest absolute Gasteiger partial charge is 0.475 e. The van der Waals surface area contributed by atoms with E-state index in [-0.39, 0.29) is 18.0 Å². The first kappa shape index (κ1) is 15.8. The Morgan fingerprint density at radius 3 is 2.95 bits per heavy atom. The lowest BCUT2D eigenvalue weighted by Crippen LogP contribution is -2.53. The van der Waals surface area contributed by atoms with Gasteiger partial charge in [0.05, 0.1) is 12.5 Å². The average molecular weight is 283 g/mol. The molecule has 1 amide bonds. The highest BCUT2D eigenvalue weighted by atomic mass is 16.4. The van der Waals surface area contributed by atoms with Gasteiger partial charge in [-0.15, -0.1) is 0 Å². The molecule has 2 aliphatic heterocycles. The van der Waals surface area contributed by atoms with Gasteiger partial charge in [-0.2, -0.15) is 0 Å². The summed E-state index contributed by atoms with van der Waals surface area (Å²) < 4.78 is 0. The van der Waals surface area contributed by atoms with E-state index in [0.717, 1.165) is 38.8 Å². The van der Waals surface area contributed by atoms with Crippen molar-refractivity contribution >= 4 is 13.0 Å². The van der Waals surface area contributed by atoms with E-state index in [1.165, 1.54) is 0 Å². The summed E-state index contributed by atoms with van der Waals surface area (Å²) in [7, 11) is -1.43. The zero-order chi connectivity index (χ0) is 14.6. The fraction of sp³-hybridized carbons (Fsp3) is 0.923. The molecule has 2 aliphatic rings. The topological polar surface area (TPSA) is 84.8 Å². The molecule has 2 fully saturated rings. The van der Waals surface area contributed by atoms with Crippen molar-refractivity contribution in [1.29, 1.82) is 0 Å². The molecule has 114 valence electrons. The van der Waals surface area contributed by atoms with Gasteiger partial charge >= 0.3 is 7.12 Å². The first-order chi connectivity index (χ1) is 9.58. The van der Waals surface area contributed by atoms with Crippen LogP contribution in [0.15, 0.2) is 0 Å². The molecule has 2 rings (SSSR count). The van der Waals surface area contributed by atoms with Crippen LogP contribution >= 0.6 is 0 Å². The summed E-state index contributed by atoms with van der Waals surface area (Å²) >= 11 is 0. The van der Waals surface area contributed by atoms with Gasteiger partial charge in [0.15, 0.2) is 0 Å². The van der Waals surface area contributed by atoms with Gasteiger partial charge in [-0.25, -0.2) is 0 Å². The quantitative estimate of drug-likeness (QED) is 0.475. The highest BCUT2D eigenvalue weighted by molar-refractivity contribution is 6.43. The van der Waals surface area contributed by atoms with Crippen molar-refractivity contribution in [1.82, 2.24) is 15.5 Å². The Morgan fingerprint density at radius 2 is 2.35 bits per heavy atom. The van der Waals surface area contributed by atoms with Gasteiger partial charge in [0.1, 0.15) is 0 Å². The van der Waals surface area contributed by atoms with Crippen LogP contribution in [-0.4, -0.2) is 65.6 Å². The van der Waals surface area contributed by atoms with Crippen LogP contribution in [0.1, 0.15) is 39.0 Å². The normalized spacial score (nSPS) is 29.9. The maximum atomic E-state index is 12.3. The molecule has 6 nitrogen and oxygen atoms in total. The first-order valence-electron chi connectivity index (χ1n) is 7.69. The van der Waals surface area contributed by atoms with Crippen molar-refractivity contribution in [3.8, 4) is 0 Å². The maximum Gasteiger partial charge on any atom is 0.475 e. The Kier molecular flexibility index (Phi) is 5.43. The molecule has 0 bridgehead atoms. The molecule has 0 radical (unpaired) electrons. The highest BCUT2D eigenvalue weighted by Crippen LogP contribution is 2.22. The van der Waals surface area contributed by atoms with Gasteiger partial charge in [-0.3, -0.25) is 4.79 Å². The summed E-state index contributed by atoms with van der Waals surface area (Å²) in [6.45, 7) is 4.96. The van der Waals surface area contributed by atoms with Crippen LogP contribution in [0, 0.1) is 0 Å². The molecule has 0 spiro atoms. The standard InChI is InChI=1S/C13H26BN3O3/c1-2-5-13(6-7-15-10-13)16-9-12(18)17-8-3-4-11(17)14(19)20/h11,15-16,19-20H,2-10H2,1H3/t11-,13+/m0/s1. The second-order valence-corrected chi connectivity index (χ2v) is 6.02. The third kappa shape index (κ3) is 3.52. The summed E-state index contributed by atoms with van der Waals surface area (Å²) in [6, 6.07) is 0. The van der Waals surface area contributed by atoms with E-state index in [2.05, 4.69) is 17.6 Å². The number of carbonyl (C=O) groups is 1. The molecule has 0 aromatic rings. The molecule has 2 atom stereocenters. The van der Waals surface area contributed by atoms with Gasteiger partial charge < -0.3 is 25.6 Å². The van der Waals surface area contributed by atoms with Crippen molar-refractivity contribution in [3.63, 3.8) is 0 Å². The Morgan fingerprint density at radius 1 is 1.55 bits per heavy atom. The predicted molar refractivity (Wildman–Crippen MR) is 78.1 cm³/mol. The molecule has 20 heavy (non-hydrogen) atoms. The van der Waals surface area contributed by atoms with Gasteiger partial charge in [0.25, 0.3) is 0 Å². The Hall–Kier alpha value is -0.625. The molecule has 7 heteroatoms. The van der Waals surface area contributed by atoms with E-state index in [4.69, 9.17) is 0 Å². The second-order valence-electron chi connectivity index (χ2n) is 6.02. The average Bonchev–Trinajstić information content (AvgIpc) is 3.05. The lowest BCUT2D eigenvalue weighted by atomic mass is 9.78. The summed E-state index contributed by atoms with van der Waals surface area (Å²) in [5.41, 5.74) is 0.0253. The second kappa shape index (κ2) is 6.89. The SMILES string of the molecule is CCC[C@@]1(NCC(=O)N2CCC[C@H]2B(O)O)CCNC1. The number of rotatable bonds is 6. The van der Waals surface area contributed by atoms with Crippen LogP contribution in [0.3, 0.4) is 0 Å². The van der Waals surface area contributed by atoms with Gasteiger partial charge in [-0.05, 0) is 32.2 Å². The molecule has 4 N–H and O–H groups in total. The maximum absolute atomic E-state index is 12.3. The molecule has 0 aromatic heterocycles. The summed E-state index contributed by atoms with van der Waals surface area (Å²) in [5.74, 6) is -0.462. The van der Waals surface area contributed by atoms with Crippen LogP contribution in [0.4, 0.5) is 0 Å². The Labute approximate surface area is 121 Å². The lowest BCUT2D eigenvalue weighted by molar-refractivity contribution is -0.130. The van der Waals surface area contributed by atoms with Crippen molar-refractivity contribution in [2.75, 3.05) is 26.2 Å². The van der Waals surface area contributed by atoms with Crippen molar-refractivity contribution < 1.29 is 14.8 Å². The van der Waals surface area contributed by atoms with Gasteiger partial charge in [0.2, 0.25) is 5.91 Å². The van der Waals surface area contributed by atoms with Crippen molar-refractivity contribution in [3.05, 3.63) is 0 Å². The molecule has 0 aromatic carbocycles. The fourth-order valence-electron chi connectivity index (χ4n) is 3.45. The summed E-state index contributed by atoms with van der Waals surface area (Å²) in [5, 5.41) is 25.4. The smallest absolute Gasteiger partial charge is 0.426 e. The Bertz CT molecular complexity index is 335.